The van der Waals surface area contributed by atoms with Gasteiger partial charge in [-0.15, -0.1) is 0 Å². The number of H-pyrrole nitrogens is 1. The summed E-state index contributed by atoms with van der Waals surface area (Å²) < 4.78 is 37.4. The van der Waals surface area contributed by atoms with Crippen LogP contribution in [0.5, 0.6) is 0 Å². The summed E-state index contributed by atoms with van der Waals surface area (Å²) in [5.74, 6) is 0.403. The van der Waals surface area contributed by atoms with Crippen LogP contribution in [0.15, 0.2) is 30.5 Å². The Bertz CT molecular complexity index is 1020. The highest BCUT2D eigenvalue weighted by Gasteiger charge is 2.49. The molecule has 4 aliphatic heterocycles. The molecular formula is C19H22N2O7S. The molecule has 29 heavy (non-hydrogen) atoms. The van der Waals surface area contributed by atoms with Gasteiger partial charge in [-0.1, -0.05) is 18.2 Å². The number of ketones is 1. The number of nitrogens with zero attached hydrogens (tertiary/aromatic N) is 1. The normalized spacial score (nSPS) is 30.6. The highest BCUT2D eigenvalue weighted by Crippen LogP contribution is 2.42. The van der Waals surface area contributed by atoms with Crippen LogP contribution in [0.3, 0.4) is 0 Å². The summed E-state index contributed by atoms with van der Waals surface area (Å²) in [7, 11) is -4.67. The number of carbonyl (C=O) groups is 2. The number of aromatic amines is 1. The maximum Gasteiger partial charge on any atom is 0.394 e. The molecule has 2 aromatic rings. The molecule has 2 atom stereocenters. The summed E-state index contributed by atoms with van der Waals surface area (Å²) in [6.45, 7) is 0.600. The molecule has 0 spiro atoms. The van der Waals surface area contributed by atoms with Gasteiger partial charge in [0.2, 0.25) is 0 Å². The van der Waals surface area contributed by atoms with Crippen molar-refractivity contribution >= 4 is 33.1 Å². The third-order valence-electron chi connectivity index (χ3n) is 6.00. The lowest BCUT2D eigenvalue weighted by Gasteiger charge is -2.54. The molecule has 10 heteroatoms. The molecule has 0 saturated carbocycles. The molecule has 6 rings (SSSR count). The lowest BCUT2D eigenvalue weighted by atomic mass is 9.72. The van der Waals surface area contributed by atoms with Gasteiger partial charge in [0.25, 0.3) is 0 Å². The number of fused-ring (bicyclic) bond motifs is 2. The van der Waals surface area contributed by atoms with Gasteiger partial charge in [-0.3, -0.25) is 18.8 Å². The van der Waals surface area contributed by atoms with Gasteiger partial charge in [0.1, 0.15) is 11.9 Å². The van der Waals surface area contributed by atoms with E-state index in [4.69, 9.17) is 22.3 Å². The average Bonchev–Trinajstić information content (AvgIpc) is 3.04. The van der Waals surface area contributed by atoms with E-state index in [1.807, 2.05) is 24.3 Å². The van der Waals surface area contributed by atoms with E-state index < -0.39 is 10.4 Å². The quantitative estimate of drug-likeness (QED) is 0.493. The van der Waals surface area contributed by atoms with Gasteiger partial charge < -0.3 is 9.72 Å². The van der Waals surface area contributed by atoms with E-state index in [1.54, 1.807) is 6.20 Å². The number of para-hydroxylation sites is 1. The maximum absolute atomic E-state index is 12.6. The van der Waals surface area contributed by atoms with Gasteiger partial charge in [-0.05, 0) is 18.9 Å². The first-order valence-electron chi connectivity index (χ1n) is 9.44. The molecule has 0 amide bonds. The van der Waals surface area contributed by atoms with E-state index >= 15 is 0 Å². The summed E-state index contributed by atoms with van der Waals surface area (Å²) in [4.78, 5) is 30.0. The molecule has 156 valence electrons. The van der Waals surface area contributed by atoms with Crippen molar-refractivity contribution in [1.82, 2.24) is 9.88 Å². The van der Waals surface area contributed by atoms with E-state index in [9.17, 15) is 9.59 Å². The van der Waals surface area contributed by atoms with Crippen LogP contribution in [-0.4, -0.2) is 63.9 Å². The third kappa shape index (κ3) is 4.35. The molecular weight excluding hydrogens is 400 g/mol. The Balaban J connectivity index is 0.000000369. The third-order valence-corrected chi connectivity index (χ3v) is 6.00. The number of rotatable bonds is 2. The van der Waals surface area contributed by atoms with Gasteiger partial charge in [0, 0.05) is 47.9 Å². The number of carbonyl (C=O) groups excluding carboxylic acids is 2. The van der Waals surface area contributed by atoms with Gasteiger partial charge in [-0.2, -0.15) is 8.42 Å². The second-order valence-electron chi connectivity index (χ2n) is 7.81. The topological polar surface area (TPSA) is 137 Å². The Labute approximate surface area is 167 Å². The second-order valence-corrected chi connectivity index (χ2v) is 8.70. The predicted octanol–water partition coefficient (Wildman–Crippen LogP) is 1.87. The molecule has 0 aliphatic carbocycles. The monoisotopic (exact) mass is 422 g/mol. The van der Waals surface area contributed by atoms with Crippen LogP contribution >= 0.6 is 0 Å². The molecule has 0 unspecified atom stereocenters. The molecule has 1 aromatic carbocycles. The Hall–Kier alpha value is -2.27. The number of nitrogens with one attached hydrogen (secondary N) is 1. The van der Waals surface area contributed by atoms with Gasteiger partial charge in [0.05, 0.1) is 12.1 Å². The second kappa shape index (κ2) is 7.52. The first-order valence-corrected chi connectivity index (χ1v) is 10.8. The van der Waals surface area contributed by atoms with Crippen LogP contribution in [0.4, 0.5) is 0 Å². The number of piperidine rings is 4. The van der Waals surface area contributed by atoms with Crippen molar-refractivity contribution in [2.75, 3.05) is 6.54 Å². The summed E-state index contributed by atoms with van der Waals surface area (Å²) in [5, 5.41) is 0.909. The zero-order valence-electron chi connectivity index (χ0n) is 15.5. The van der Waals surface area contributed by atoms with Crippen molar-refractivity contribution in [3.63, 3.8) is 0 Å². The van der Waals surface area contributed by atoms with E-state index in [1.165, 1.54) is 0 Å². The van der Waals surface area contributed by atoms with Crippen molar-refractivity contribution in [1.29, 1.82) is 0 Å². The zero-order chi connectivity index (χ0) is 20.8. The Kier molecular flexibility index (Phi) is 5.19. The highest BCUT2D eigenvalue weighted by atomic mass is 32.3. The fourth-order valence-corrected chi connectivity index (χ4v) is 4.87. The van der Waals surface area contributed by atoms with Crippen LogP contribution < -0.4 is 0 Å². The van der Waals surface area contributed by atoms with Crippen molar-refractivity contribution in [2.24, 2.45) is 5.92 Å². The smallest absolute Gasteiger partial charge is 0.394 e. The zero-order valence-corrected chi connectivity index (χ0v) is 16.3. The van der Waals surface area contributed by atoms with Gasteiger partial charge in [0.15, 0.2) is 0 Å². The molecule has 3 N–H and O–H groups in total. The lowest BCUT2D eigenvalue weighted by molar-refractivity contribution is -0.145. The molecule has 9 nitrogen and oxygen atoms in total. The van der Waals surface area contributed by atoms with Gasteiger partial charge in [-0.25, -0.2) is 4.79 Å². The van der Waals surface area contributed by atoms with Crippen LogP contribution in [0, 0.1) is 5.92 Å². The number of aromatic nitrogens is 1. The van der Waals surface area contributed by atoms with E-state index in [2.05, 4.69) is 9.88 Å². The fourth-order valence-electron chi connectivity index (χ4n) is 4.87. The minimum Gasteiger partial charge on any atom is -0.459 e. The van der Waals surface area contributed by atoms with Gasteiger partial charge >= 0.3 is 16.4 Å². The van der Waals surface area contributed by atoms with Crippen LogP contribution in [0.25, 0.3) is 10.9 Å². The molecule has 4 bridgehead atoms. The van der Waals surface area contributed by atoms with Crippen LogP contribution in [-0.2, 0) is 19.9 Å². The number of ether oxygens (including phenoxy) is 1. The minimum absolute atomic E-state index is 0.0356. The van der Waals surface area contributed by atoms with Crippen molar-refractivity contribution in [3.8, 4) is 0 Å². The molecule has 4 aliphatic rings. The Morgan fingerprint density at radius 3 is 2.34 bits per heavy atom. The van der Waals surface area contributed by atoms with Crippen molar-refractivity contribution in [2.45, 2.75) is 43.9 Å². The first kappa shape index (κ1) is 20.0. The number of hydrogen-bond acceptors (Lipinski definition) is 6. The summed E-state index contributed by atoms with van der Waals surface area (Å²) >= 11 is 0. The number of Topliss-reactive ketones (excluding diaryl/α,β-unsaturated/α-hetero) is 1. The summed E-state index contributed by atoms with van der Waals surface area (Å²) in [6.07, 6.45) is 5.29. The van der Waals surface area contributed by atoms with E-state index in [0.717, 1.165) is 36.6 Å². The summed E-state index contributed by atoms with van der Waals surface area (Å²) in [6, 6.07) is 8.58. The molecule has 1 aromatic heterocycles. The SMILES string of the molecule is O=C(OC1C[C@@H]2CC3C[C@@H](C1)N2CC3=O)c1c[nH]c2ccccc12.O=S(=O)(O)O. The average molecular weight is 422 g/mol. The van der Waals surface area contributed by atoms with Crippen LogP contribution in [0.1, 0.15) is 36.0 Å². The molecule has 4 saturated heterocycles. The standard InChI is InChI=1S/C19H20N2O3.H2O4S/c22-18-10-21-12-5-11(18)6-13(21)8-14(7-12)24-19(23)16-9-20-17-4-2-1-3-15(16)17;1-5(2,3)4/h1-4,9,11-14,20H,5-8,10H2;(H2,1,2,3,4)/t11?,12-,13-,14?;/m0./s1. The molecule has 5 heterocycles. The van der Waals surface area contributed by atoms with Crippen molar-refractivity contribution in [3.05, 3.63) is 36.0 Å². The largest absolute Gasteiger partial charge is 0.459 e. The fraction of sp³-hybridized carbons (Fsp3) is 0.474. The number of benzene rings is 1. The van der Waals surface area contributed by atoms with E-state index in [-0.39, 0.29) is 18.0 Å². The number of hydrogen-bond donors (Lipinski definition) is 3. The molecule has 4 fully saturated rings. The molecule has 0 radical (unpaired) electrons. The van der Waals surface area contributed by atoms with Crippen LogP contribution in [0.2, 0.25) is 0 Å². The minimum atomic E-state index is -4.67. The first-order chi connectivity index (χ1) is 13.7. The Morgan fingerprint density at radius 2 is 1.72 bits per heavy atom. The Morgan fingerprint density at radius 1 is 1.10 bits per heavy atom. The highest BCUT2D eigenvalue weighted by molar-refractivity contribution is 7.79. The number of esters is 1. The predicted molar refractivity (Wildman–Crippen MR) is 103 cm³/mol. The van der Waals surface area contributed by atoms with Crippen molar-refractivity contribution < 1.29 is 31.8 Å². The maximum atomic E-state index is 12.6. The summed E-state index contributed by atoms with van der Waals surface area (Å²) in [5.41, 5.74) is 1.56. The van der Waals surface area contributed by atoms with E-state index in [0.29, 0.717) is 30.0 Å². The lowest BCUT2D eigenvalue weighted by Crippen LogP contribution is -2.63.